The number of carbonyl (C=O) groups is 2. The number of aliphatic hydroxyl groups is 1. The Morgan fingerprint density at radius 2 is 1.62 bits per heavy atom. The number of hydrogen-bond donors (Lipinski definition) is 3. The molecule has 0 aromatic heterocycles. The minimum absolute atomic E-state index is 0.0872. The predicted molar refractivity (Wildman–Crippen MR) is 126 cm³/mol. The van der Waals surface area contributed by atoms with Gasteiger partial charge in [0, 0.05) is 38.3 Å². The molecule has 0 spiro atoms. The molecule has 2 aliphatic rings. The van der Waals surface area contributed by atoms with E-state index in [1.807, 2.05) is 53.4 Å². The molecular formula is C25H32N4O3. The Morgan fingerprint density at radius 1 is 0.938 bits per heavy atom. The van der Waals surface area contributed by atoms with Gasteiger partial charge in [0.1, 0.15) is 0 Å². The molecule has 32 heavy (non-hydrogen) atoms. The molecule has 7 heteroatoms. The summed E-state index contributed by atoms with van der Waals surface area (Å²) in [7, 11) is 0. The molecule has 170 valence electrons. The van der Waals surface area contributed by atoms with E-state index in [2.05, 4.69) is 15.5 Å². The smallest absolute Gasteiger partial charge is 0.253 e. The summed E-state index contributed by atoms with van der Waals surface area (Å²) in [6.07, 6.45) is 3.46. The molecule has 2 aromatic rings. The van der Waals surface area contributed by atoms with Crippen LogP contribution in [0, 0.1) is 0 Å². The highest BCUT2D eigenvalue weighted by molar-refractivity contribution is 5.94. The van der Waals surface area contributed by atoms with Gasteiger partial charge in [-0.15, -0.1) is 0 Å². The molecule has 4 rings (SSSR count). The highest BCUT2D eigenvalue weighted by Crippen LogP contribution is 2.28. The van der Waals surface area contributed by atoms with Crippen LogP contribution in [0.15, 0.2) is 48.5 Å². The van der Waals surface area contributed by atoms with Crippen LogP contribution in [0.25, 0.3) is 0 Å². The third-order valence-electron chi connectivity index (χ3n) is 6.23. The molecule has 0 radical (unpaired) electrons. The summed E-state index contributed by atoms with van der Waals surface area (Å²) in [5.41, 5.74) is 3.64. The van der Waals surface area contributed by atoms with Crippen molar-refractivity contribution in [3.63, 3.8) is 0 Å². The summed E-state index contributed by atoms with van der Waals surface area (Å²) in [6.45, 7) is 3.90. The topological polar surface area (TPSA) is 84.9 Å². The van der Waals surface area contributed by atoms with Crippen molar-refractivity contribution in [2.45, 2.75) is 38.3 Å². The molecular weight excluding hydrogens is 404 g/mol. The van der Waals surface area contributed by atoms with Crippen molar-refractivity contribution in [3.05, 3.63) is 59.7 Å². The summed E-state index contributed by atoms with van der Waals surface area (Å²) in [5, 5.41) is 15.9. The van der Waals surface area contributed by atoms with Gasteiger partial charge in [-0.3, -0.25) is 9.59 Å². The standard InChI is InChI=1S/C25H32N4O3/c30-21-11-15-28(16-12-21)23-6-2-1-5-22(23)26-18-24(31)27-17-19-7-9-20(10-8-19)25(32)29-13-3-4-14-29/h1-2,5-10,21,26,30H,3-4,11-18H2,(H,27,31). The molecule has 0 unspecified atom stereocenters. The van der Waals surface area contributed by atoms with Crippen molar-refractivity contribution in [2.75, 3.05) is 42.9 Å². The monoisotopic (exact) mass is 436 g/mol. The number of benzene rings is 2. The largest absolute Gasteiger partial charge is 0.393 e. The van der Waals surface area contributed by atoms with E-state index in [-0.39, 0.29) is 24.5 Å². The van der Waals surface area contributed by atoms with Gasteiger partial charge in [-0.2, -0.15) is 0 Å². The number of rotatable bonds is 7. The first-order valence-electron chi connectivity index (χ1n) is 11.5. The molecule has 0 saturated carbocycles. The van der Waals surface area contributed by atoms with Crippen LogP contribution in [-0.4, -0.2) is 60.6 Å². The zero-order valence-electron chi connectivity index (χ0n) is 18.4. The van der Waals surface area contributed by atoms with Gasteiger partial charge in [0.2, 0.25) is 5.91 Å². The van der Waals surface area contributed by atoms with Crippen LogP contribution < -0.4 is 15.5 Å². The predicted octanol–water partition coefficient (Wildman–Crippen LogP) is 2.61. The van der Waals surface area contributed by atoms with E-state index >= 15 is 0 Å². The quantitative estimate of drug-likeness (QED) is 0.621. The Balaban J connectivity index is 1.26. The first-order chi connectivity index (χ1) is 15.6. The van der Waals surface area contributed by atoms with Crippen LogP contribution >= 0.6 is 0 Å². The summed E-state index contributed by atoms with van der Waals surface area (Å²) >= 11 is 0. The number of likely N-dealkylation sites (tertiary alicyclic amines) is 1. The average molecular weight is 437 g/mol. The van der Waals surface area contributed by atoms with E-state index in [1.165, 1.54) is 0 Å². The fraction of sp³-hybridized carbons (Fsp3) is 0.440. The van der Waals surface area contributed by atoms with Crippen LogP contribution in [0.4, 0.5) is 11.4 Å². The lowest BCUT2D eigenvalue weighted by Gasteiger charge is -2.32. The fourth-order valence-corrected chi connectivity index (χ4v) is 4.31. The van der Waals surface area contributed by atoms with Crippen molar-refractivity contribution in [3.8, 4) is 0 Å². The maximum absolute atomic E-state index is 12.4. The van der Waals surface area contributed by atoms with Gasteiger partial charge in [0.05, 0.1) is 24.0 Å². The normalized spacial score (nSPS) is 16.8. The number of amides is 2. The van der Waals surface area contributed by atoms with Crippen molar-refractivity contribution >= 4 is 23.2 Å². The SMILES string of the molecule is O=C(CNc1ccccc1N1CCC(O)CC1)NCc1ccc(C(=O)N2CCCC2)cc1. The Hall–Kier alpha value is -3.06. The van der Waals surface area contributed by atoms with Crippen LogP contribution in [0.5, 0.6) is 0 Å². The van der Waals surface area contributed by atoms with Gasteiger partial charge in [-0.1, -0.05) is 24.3 Å². The Morgan fingerprint density at radius 3 is 2.34 bits per heavy atom. The van der Waals surface area contributed by atoms with Gasteiger partial charge in [0.15, 0.2) is 0 Å². The molecule has 2 fully saturated rings. The molecule has 2 heterocycles. The minimum Gasteiger partial charge on any atom is -0.393 e. The molecule has 2 aromatic carbocycles. The van der Waals surface area contributed by atoms with E-state index in [9.17, 15) is 14.7 Å². The molecule has 2 amide bonds. The summed E-state index contributed by atoms with van der Waals surface area (Å²) in [5.74, 6) is -0.00439. The second kappa shape index (κ2) is 10.5. The Labute approximate surface area is 189 Å². The number of hydrogen-bond acceptors (Lipinski definition) is 5. The number of para-hydroxylation sites is 2. The summed E-state index contributed by atoms with van der Waals surface area (Å²) in [4.78, 5) is 29.0. The molecule has 3 N–H and O–H groups in total. The summed E-state index contributed by atoms with van der Waals surface area (Å²) in [6, 6.07) is 15.4. The van der Waals surface area contributed by atoms with E-state index in [1.54, 1.807) is 0 Å². The fourth-order valence-electron chi connectivity index (χ4n) is 4.31. The second-order valence-electron chi connectivity index (χ2n) is 8.56. The van der Waals surface area contributed by atoms with Crippen molar-refractivity contribution in [1.29, 1.82) is 0 Å². The maximum Gasteiger partial charge on any atom is 0.253 e. The first-order valence-corrected chi connectivity index (χ1v) is 11.5. The Kier molecular flexibility index (Phi) is 7.27. The third-order valence-corrected chi connectivity index (χ3v) is 6.23. The van der Waals surface area contributed by atoms with E-state index in [0.717, 1.165) is 68.8 Å². The molecule has 2 saturated heterocycles. The molecule has 0 atom stereocenters. The number of nitrogens with one attached hydrogen (secondary N) is 2. The van der Waals surface area contributed by atoms with Gasteiger partial charge in [-0.25, -0.2) is 0 Å². The first kappa shape index (κ1) is 22.1. The van der Waals surface area contributed by atoms with Crippen LogP contribution in [0.3, 0.4) is 0 Å². The van der Waals surface area contributed by atoms with E-state index in [0.29, 0.717) is 12.1 Å². The van der Waals surface area contributed by atoms with Crippen LogP contribution in [0.1, 0.15) is 41.6 Å². The van der Waals surface area contributed by atoms with Gasteiger partial charge in [0.25, 0.3) is 5.91 Å². The number of nitrogens with zero attached hydrogens (tertiary/aromatic N) is 2. The maximum atomic E-state index is 12.4. The molecule has 0 bridgehead atoms. The minimum atomic E-state index is -0.218. The number of anilines is 2. The highest BCUT2D eigenvalue weighted by Gasteiger charge is 2.20. The van der Waals surface area contributed by atoms with Crippen molar-refractivity contribution in [2.24, 2.45) is 0 Å². The Bertz CT molecular complexity index is 917. The van der Waals surface area contributed by atoms with Crippen LogP contribution in [0.2, 0.25) is 0 Å². The molecule has 7 nitrogen and oxygen atoms in total. The van der Waals surface area contributed by atoms with Gasteiger partial charge >= 0.3 is 0 Å². The highest BCUT2D eigenvalue weighted by atomic mass is 16.3. The lowest BCUT2D eigenvalue weighted by atomic mass is 10.1. The zero-order chi connectivity index (χ0) is 22.3. The number of piperidine rings is 1. The zero-order valence-corrected chi connectivity index (χ0v) is 18.4. The lowest BCUT2D eigenvalue weighted by molar-refractivity contribution is -0.119. The third kappa shape index (κ3) is 5.59. The number of aliphatic hydroxyl groups excluding tert-OH is 1. The lowest BCUT2D eigenvalue weighted by Crippen LogP contribution is -2.36. The van der Waals surface area contributed by atoms with E-state index < -0.39 is 0 Å². The van der Waals surface area contributed by atoms with Gasteiger partial charge < -0.3 is 25.5 Å². The van der Waals surface area contributed by atoms with Crippen LogP contribution in [-0.2, 0) is 11.3 Å². The second-order valence-corrected chi connectivity index (χ2v) is 8.56. The van der Waals surface area contributed by atoms with Crippen molar-refractivity contribution < 1.29 is 14.7 Å². The molecule has 0 aliphatic carbocycles. The number of carbonyl (C=O) groups excluding carboxylic acids is 2. The average Bonchev–Trinajstić information content (AvgIpc) is 3.37. The van der Waals surface area contributed by atoms with Gasteiger partial charge in [-0.05, 0) is 55.5 Å². The van der Waals surface area contributed by atoms with Crippen molar-refractivity contribution in [1.82, 2.24) is 10.2 Å². The van der Waals surface area contributed by atoms with E-state index in [4.69, 9.17) is 0 Å². The molecule has 2 aliphatic heterocycles. The summed E-state index contributed by atoms with van der Waals surface area (Å²) < 4.78 is 0.